The molecule has 1 N–H and O–H groups in total. The van der Waals surface area contributed by atoms with E-state index in [4.69, 9.17) is 0 Å². The van der Waals surface area contributed by atoms with E-state index in [1.54, 1.807) is 19.2 Å². The van der Waals surface area contributed by atoms with E-state index in [0.717, 1.165) is 17.7 Å². The Hall–Kier alpha value is -2.04. The van der Waals surface area contributed by atoms with Crippen LogP contribution in [0.4, 0.5) is 19.0 Å². The molecule has 2 nitrogen and oxygen atoms in total. The molecule has 0 radical (unpaired) electrons. The Labute approximate surface area is 122 Å². The first kappa shape index (κ1) is 15.4. The third-order valence-corrected chi connectivity index (χ3v) is 3.28. The van der Waals surface area contributed by atoms with Gasteiger partial charge in [0.15, 0.2) is 0 Å². The monoisotopic (exact) mass is 294 g/mol. The number of hydrogen-bond donors (Lipinski definition) is 1. The third kappa shape index (κ3) is 3.54. The molecule has 1 heterocycles. The van der Waals surface area contributed by atoms with Gasteiger partial charge in [0, 0.05) is 12.6 Å². The molecule has 2 rings (SSSR count). The molecule has 0 aliphatic rings. The van der Waals surface area contributed by atoms with Crippen LogP contribution < -0.4 is 5.32 Å². The van der Waals surface area contributed by atoms with Crippen molar-refractivity contribution < 1.29 is 13.2 Å². The fourth-order valence-electron chi connectivity index (χ4n) is 2.01. The van der Waals surface area contributed by atoms with Crippen LogP contribution in [0.2, 0.25) is 0 Å². The second-order valence-corrected chi connectivity index (χ2v) is 5.15. The molecule has 5 heteroatoms. The minimum absolute atomic E-state index is 0.202. The Bertz CT molecular complexity index is 616. The minimum atomic E-state index is -4.39. The van der Waals surface area contributed by atoms with Crippen LogP contribution in [0, 0.1) is 0 Å². The molecule has 21 heavy (non-hydrogen) atoms. The number of benzene rings is 1. The van der Waals surface area contributed by atoms with Crippen molar-refractivity contribution >= 4 is 5.82 Å². The average Bonchev–Trinajstić information content (AvgIpc) is 2.46. The standard InChI is InChI=1S/C16H17F3N2/c1-10(2)11-4-6-12(7-5-11)14-8-13(16(17,18)19)9-15(20-3)21-14/h4-10H,1-3H3,(H,20,21). The fourth-order valence-corrected chi connectivity index (χ4v) is 2.01. The predicted molar refractivity (Wildman–Crippen MR) is 78.3 cm³/mol. The van der Waals surface area contributed by atoms with Crippen molar-refractivity contribution in [2.45, 2.75) is 25.9 Å². The van der Waals surface area contributed by atoms with Gasteiger partial charge < -0.3 is 5.32 Å². The van der Waals surface area contributed by atoms with Crippen LogP contribution in [0.3, 0.4) is 0 Å². The van der Waals surface area contributed by atoms with E-state index in [9.17, 15) is 13.2 Å². The number of nitrogens with zero attached hydrogens (tertiary/aromatic N) is 1. The summed E-state index contributed by atoms with van der Waals surface area (Å²) in [5.41, 5.74) is 1.41. The van der Waals surface area contributed by atoms with E-state index in [1.165, 1.54) is 0 Å². The highest BCUT2D eigenvalue weighted by atomic mass is 19.4. The number of pyridine rings is 1. The zero-order chi connectivity index (χ0) is 15.6. The Morgan fingerprint density at radius 3 is 2.14 bits per heavy atom. The van der Waals surface area contributed by atoms with Crippen molar-refractivity contribution in [1.29, 1.82) is 0 Å². The molecule has 1 aromatic heterocycles. The minimum Gasteiger partial charge on any atom is -0.373 e. The maximum atomic E-state index is 12.9. The summed E-state index contributed by atoms with van der Waals surface area (Å²) in [4.78, 5) is 4.20. The summed E-state index contributed by atoms with van der Waals surface area (Å²) in [6.07, 6.45) is -4.39. The Morgan fingerprint density at radius 1 is 1.05 bits per heavy atom. The lowest BCUT2D eigenvalue weighted by molar-refractivity contribution is -0.137. The summed E-state index contributed by atoms with van der Waals surface area (Å²) in [5, 5.41) is 2.67. The molecule has 0 fully saturated rings. The zero-order valence-electron chi connectivity index (χ0n) is 12.1. The molecule has 0 aliphatic heterocycles. The molecule has 0 amide bonds. The van der Waals surface area contributed by atoms with Crippen molar-refractivity contribution in [1.82, 2.24) is 4.98 Å². The molecule has 0 aliphatic carbocycles. The number of aromatic nitrogens is 1. The van der Waals surface area contributed by atoms with E-state index in [1.807, 2.05) is 12.1 Å². The van der Waals surface area contributed by atoms with Crippen molar-refractivity contribution in [3.63, 3.8) is 0 Å². The maximum Gasteiger partial charge on any atom is 0.416 e. The normalized spacial score (nSPS) is 11.8. The summed E-state index contributed by atoms with van der Waals surface area (Å²) < 4.78 is 38.7. The van der Waals surface area contributed by atoms with Crippen LogP contribution in [0.1, 0.15) is 30.9 Å². The van der Waals surface area contributed by atoms with Gasteiger partial charge in [-0.3, -0.25) is 0 Å². The number of anilines is 1. The topological polar surface area (TPSA) is 24.9 Å². The number of rotatable bonds is 3. The van der Waals surface area contributed by atoms with Crippen LogP contribution >= 0.6 is 0 Å². The molecule has 0 bridgehead atoms. The number of hydrogen-bond acceptors (Lipinski definition) is 2. The van der Waals surface area contributed by atoms with Gasteiger partial charge in [0.2, 0.25) is 0 Å². The molecular weight excluding hydrogens is 277 g/mol. The highest BCUT2D eigenvalue weighted by molar-refractivity contribution is 5.63. The Morgan fingerprint density at radius 2 is 1.67 bits per heavy atom. The van der Waals surface area contributed by atoms with Crippen LogP contribution in [0.15, 0.2) is 36.4 Å². The molecule has 0 saturated heterocycles. The number of halogens is 3. The average molecular weight is 294 g/mol. The van der Waals surface area contributed by atoms with Gasteiger partial charge in [-0.2, -0.15) is 13.2 Å². The van der Waals surface area contributed by atoms with Crippen molar-refractivity contribution in [3.8, 4) is 11.3 Å². The van der Waals surface area contributed by atoms with Gasteiger partial charge in [-0.05, 0) is 23.6 Å². The molecule has 0 saturated carbocycles. The molecule has 1 aromatic carbocycles. The lowest BCUT2D eigenvalue weighted by Gasteiger charge is -2.12. The quantitative estimate of drug-likeness (QED) is 0.868. The Kier molecular flexibility index (Phi) is 4.21. The van der Waals surface area contributed by atoms with Crippen LogP contribution in [-0.2, 0) is 6.18 Å². The fraction of sp³-hybridized carbons (Fsp3) is 0.312. The second-order valence-electron chi connectivity index (χ2n) is 5.15. The van der Waals surface area contributed by atoms with Gasteiger partial charge in [-0.15, -0.1) is 0 Å². The van der Waals surface area contributed by atoms with Gasteiger partial charge in [-0.25, -0.2) is 4.98 Å². The van der Waals surface area contributed by atoms with Gasteiger partial charge in [0.25, 0.3) is 0 Å². The second kappa shape index (κ2) is 5.76. The van der Waals surface area contributed by atoms with E-state index in [0.29, 0.717) is 17.2 Å². The van der Waals surface area contributed by atoms with Gasteiger partial charge >= 0.3 is 6.18 Å². The number of alkyl halides is 3. The summed E-state index contributed by atoms with van der Waals surface area (Å²) in [7, 11) is 1.55. The van der Waals surface area contributed by atoms with Crippen molar-refractivity contribution in [3.05, 3.63) is 47.5 Å². The van der Waals surface area contributed by atoms with E-state index in [2.05, 4.69) is 24.1 Å². The van der Waals surface area contributed by atoms with Gasteiger partial charge in [-0.1, -0.05) is 38.1 Å². The lowest BCUT2D eigenvalue weighted by atomic mass is 10.0. The first-order chi connectivity index (χ1) is 9.81. The predicted octanol–water partition coefficient (Wildman–Crippen LogP) is 4.93. The molecule has 2 aromatic rings. The van der Waals surface area contributed by atoms with Crippen molar-refractivity contribution in [2.24, 2.45) is 0 Å². The van der Waals surface area contributed by atoms with Crippen molar-refractivity contribution in [2.75, 3.05) is 12.4 Å². The highest BCUT2D eigenvalue weighted by Crippen LogP contribution is 2.33. The Balaban J connectivity index is 2.47. The highest BCUT2D eigenvalue weighted by Gasteiger charge is 2.31. The van der Waals surface area contributed by atoms with Gasteiger partial charge in [0.05, 0.1) is 11.3 Å². The number of nitrogens with one attached hydrogen (secondary N) is 1. The molecule has 0 unspecified atom stereocenters. The summed E-state index contributed by atoms with van der Waals surface area (Å²) in [6.45, 7) is 4.13. The molecular formula is C16H17F3N2. The van der Waals surface area contributed by atoms with Crippen LogP contribution in [0.25, 0.3) is 11.3 Å². The lowest BCUT2D eigenvalue weighted by Crippen LogP contribution is -2.07. The third-order valence-electron chi connectivity index (χ3n) is 3.28. The zero-order valence-corrected chi connectivity index (χ0v) is 12.1. The first-order valence-electron chi connectivity index (χ1n) is 6.68. The SMILES string of the molecule is CNc1cc(C(F)(F)F)cc(-c2ccc(C(C)C)cc2)n1. The summed E-state index contributed by atoms with van der Waals surface area (Å²) in [5.74, 6) is 0.578. The molecule has 112 valence electrons. The van der Waals surface area contributed by atoms with E-state index in [-0.39, 0.29) is 5.82 Å². The summed E-state index contributed by atoms with van der Waals surface area (Å²) in [6, 6.07) is 9.52. The summed E-state index contributed by atoms with van der Waals surface area (Å²) >= 11 is 0. The van der Waals surface area contributed by atoms with Crippen LogP contribution in [0.5, 0.6) is 0 Å². The molecule has 0 spiro atoms. The van der Waals surface area contributed by atoms with Crippen LogP contribution in [-0.4, -0.2) is 12.0 Å². The maximum absolute atomic E-state index is 12.9. The largest absolute Gasteiger partial charge is 0.416 e. The van der Waals surface area contributed by atoms with Gasteiger partial charge in [0.1, 0.15) is 5.82 Å². The molecule has 0 atom stereocenters. The van der Waals surface area contributed by atoms with E-state index >= 15 is 0 Å². The first-order valence-corrected chi connectivity index (χ1v) is 6.68. The van der Waals surface area contributed by atoms with E-state index < -0.39 is 11.7 Å². The smallest absolute Gasteiger partial charge is 0.373 e.